The van der Waals surface area contributed by atoms with Crippen molar-refractivity contribution in [3.05, 3.63) is 35.9 Å². The van der Waals surface area contributed by atoms with Crippen LogP contribution in [0, 0.1) is 5.92 Å². The van der Waals surface area contributed by atoms with Gasteiger partial charge in [0, 0.05) is 0 Å². The van der Waals surface area contributed by atoms with Crippen LogP contribution in [0.3, 0.4) is 0 Å². The van der Waals surface area contributed by atoms with Crippen molar-refractivity contribution < 1.29 is 14.4 Å². The molecule has 0 saturated carbocycles. The number of nitrogens with one attached hydrogen (secondary N) is 2. The molecule has 1 heterocycles. The van der Waals surface area contributed by atoms with E-state index in [9.17, 15) is 14.4 Å². The first-order valence-electron chi connectivity index (χ1n) is 8.21. The van der Waals surface area contributed by atoms with E-state index in [1.807, 2.05) is 51.1 Å². The molecule has 0 aromatic heterocycles. The molecule has 1 aromatic carbocycles. The lowest BCUT2D eigenvalue weighted by Gasteiger charge is -2.23. The minimum absolute atomic E-state index is 0.193. The summed E-state index contributed by atoms with van der Waals surface area (Å²) in [6.45, 7) is 7.28. The van der Waals surface area contributed by atoms with Crippen LogP contribution in [0.4, 0.5) is 4.79 Å². The van der Waals surface area contributed by atoms with Gasteiger partial charge in [-0.25, -0.2) is 4.79 Å². The van der Waals surface area contributed by atoms with Crippen LogP contribution in [-0.4, -0.2) is 34.8 Å². The summed E-state index contributed by atoms with van der Waals surface area (Å²) in [5, 5.41) is 5.53. The largest absolute Gasteiger partial charge is 0.348 e. The zero-order valence-corrected chi connectivity index (χ0v) is 14.6. The normalized spacial score (nSPS) is 21.8. The average molecular weight is 331 g/mol. The van der Waals surface area contributed by atoms with Crippen molar-refractivity contribution in [3.8, 4) is 0 Å². The summed E-state index contributed by atoms with van der Waals surface area (Å²) >= 11 is 0. The Labute approximate surface area is 142 Å². The van der Waals surface area contributed by atoms with E-state index in [1.54, 1.807) is 6.92 Å². The molecular formula is C18H25N3O3. The van der Waals surface area contributed by atoms with Crippen molar-refractivity contribution in [2.75, 3.05) is 6.54 Å². The highest BCUT2D eigenvalue weighted by atomic mass is 16.2. The van der Waals surface area contributed by atoms with E-state index >= 15 is 0 Å². The van der Waals surface area contributed by atoms with Gasteiger partial charge >= 0.3 is 6.03 Å². The number of hydrogen-bond acceptors (Lipinski definition) is 3. The lowest BCUT2D eigenvalue weighted by atomic mass is 9.91. The van der Waals surface area contributed by atoms with Crippen LogP contribution in [0.15, 0.2) is 30.3 Å². The molecule has 1 aliphatic heterocycles. The van der Waals surface area contributed by atoms with Crippen LogP contribution < -0.4 is 10.6 Å². The van der Waals surface area contributed by atoms with Gasteiger partial charge in [0.25, 0.3) is 5.91 Å². The average Bonchev–Trinajstić information content (AvgIpc) is 2.70. The minimum atomic E-state index is -0.934. The molecule has 24 heavy (non-hydrogen) atoms. The van der Waals surface area contributed by atoms with Crippen LogP contribution in [0.1, 0.15) is 45.7 Å². The second-order valence-corrected chi connectivity index (χ2v) is 6.95. The van der Waals surface area contributed by atoms with E-state index in [2.05, 4.69) is 10.6 Å². The molecule has 0 spiro atoms. The highest BCUT2D eigenvalue weighted by molar-refractivity contribution is 6.08. The van der Waals surface area contributed by atoms with E-state index in [0.717, 1.165) is 10.5 Å². The number of hydrogen-bond donors (Lipinski definition) is 2. The van der Waals surface area contributed by atoms with Gasteiger partial charge in [0.2, 0.25) is 5.91 Å². The number of urea groups is 1. The topological polar surface area (TPSA) is 78.5 Å². The number of nitrogens with zero attached hydrogens (tertiary/aromatic N) is 1. The van der Waals surface area contributed by atoms with Gasteiger partial charge in [-0.3, -0.25) is 14.5 Å². The first-order valence-corrected chi connectivity index (χ1v) is 8.21. The number of amides is 4. The highest BCUT2D eigenvalue weighted by Crippen LogP contribution is 2.24. The van der Waals surface area contributed by atoms with E-state index in [-0.39, 0.29) is 30.3 Å². The smallest absolute Gasteiger partial charge is 0.325 e. The van der Waals surface area contributed by atoms with Gasteiger partial charge in [-0.2, -0.15) is 0 Å². The number of benzene rings is 1. The molecule has 2 unspecified atom stereocenters. The Bertz CT molecular complexity index is 630. The van der Waals surface area contributed by atoms with Crippen LogP contribution in [0.25, 0.3) is 0 Å². The molecule has 1 aromatic rings. The summed E-state index contributed by atoms with van der Waals surface area (Å²) in [7, 11) is 0. The van der Waals surface area contributed by atoms with Crippen molar-refractivity contribution in [2.45, 2.75) is 45.7 Å². The number of rotatable bonds is 6. The molecule has 2 atom stereocenters. The molecule has 130 valence electrons. The number of carbonyl (C=O) groups is 3. The van der Waals surface area contributed by atoms with Gasteiger partial charge in [0.05, 0.1) is 6.04 Å². The summed E-state index contributed by atoms with van der Waals surface area (Å²) in [5.41, 5.74) is 0.0315. The van der Waals surface area contributed by atoms with Gasteiger partial charge in [-0.1, -0.05) is 44.2 Å². The standard InChI is InChI=1S/C18H25N3O3/c1-12(2)10-18(4)16(23)21(17(24)20-18)11-15(22)19-13(3)14-8-6-5-7-9-14/h5-9,12-13H,10-11H2,1-4H3,(H,19,22)(H,20,24). The Morgan fingerprint density at radius 3 is 2.42 bits per heavy atom. The Morgan fingerprint density at radius 1 is 1.21 bits per heavy atom. The molecule has 6 nitrogen and oxygen atoms in total. The predicted octanol–water partition coefficient (Wildman–Crippen LogP) is 2.22. The third-order valence-corrected chi connectivity index (χ3v) is 4.14. The molecule has 4 amide bonds. The summed E-state index contributed by atoms with van der Waals surface area (Å²) in [6.07, 6.45) is 0.538. The number of carbonyl (C=O) groups excluding carboxylic acids is 3. The Balaban J connectivity index is 1.99. The van der Waals surface area contributed by atoms with Crippen LogP contribution in [0.5, 0.6) is 0 Å². The van der Waals surface area contributed by atoms with E-state index < -0.39 is 11.6 Å². The number of imide groups is 1. The van der Waals surface area contributed by atoms with Crippen molar-refractivity contribution >= 4 is 17.8 Å². The zero-order valence-electron chi connectivity index (χ0n) is 14.6. The summed E-state index contributed by atoms with van der Waals surface area (Å²) in [4.78, 5) is 37.8. The van der Waals surface area contributed by atoms with Gasteiger partial charge in [-0.05, 0) is 31.7 Å². The second-order valence-electron chi connectivity index (χ2n) is 6.95. The maximum atomic E-state index is 12.5. The summed E-state index contributed by atoms with van der Waals surface area (Å²) in [5.74, 6) is -0.446. The second kappa shape index (κ2) is 7.03. The van der Waals surface area contributed by atoms with Crippen molar-refractivity contribution in [1.82, 2.24) is 15.5 Å². The lowest BCUT2D eigenvalue weighted by molar-refractivity contribution is -0.135. The van der Waals surface area contributed by atoms with Crippen molar-refractivity contribution in [1.29, 1.82) is 0 Å². The maximum absolute atomic E-state index is 12.5. The van der Waals surface area contributed by atoms with Gasteiger partial charge in [0.1, 0.15) is 12.1 Å². The molecular weight excluding hydrogens is 306 g/mol. The maximum Gasteiger partial charge on any atom is 0.325 e. The SMILES string of the molecule is CC(C)CC1(C)NC(=O)N(CC(=O)NC(C)c2ccccc2)C1=O. The molecule has 2 N–H and O–H groups in total. The van der Waals surface area contributed by atoms with E-state index in [0.29, 0.717) is 6.42 Å². The van der Waals surface area contributed by atoms with Crippen LogP contribution >= 0.6 is 0 Å². The quantitative estimate of drug-likeness (QED) is 0.785. The predicted molar refractivity (Wildman–Crippen MR) is 91.1 cm³/mol. The molecule has 0 aliphatic carbocycles. The minimum Gasteiger partial charge on any atom is -0.348 e. The lowest BCUT2D eigenvalue weighted by Crippen LogP contribution is -2.46. The first-order chi connectivity index (χ1) is 11.2. The molecule has 0 bridgehead atoms. The van der Waals surface area contributed by atoms with Gasteiger partial charge in [-0.15, -0.1) is 0 Å². The van der Waals surface area contributed by atoms with E-state index in [1.165, 1.54) is 0 Å². The van der Waals surface area contributed by atoms with Crippen molar-refractivity contribution in [2.24, 2.45) is 5.92 Å². The Hall–Kier alpha value is -2.37. The zero-order chi connectivity index (χ0) is 17.9. The van der Waals surface area contributed by atoms with E-state index in [4.69, 9.17) is 0 Å². The Kier molecular flexibility index (Phi) is 5.26. The molecule has 1 fully saturated rings. The fourth-order valence-corrected chi connectivity index (χ4v) is 3.10. The van der Waals surface area contributed by atoms with Crippen LogP contribution in [0.2, 0.25) is 0 Å². The molecule has 2 rings (SSSR count). The Morgan fingerprint density at radius 2 is 1.83 bits per heavy atom. The van der Waals surface area contributed by atoms with Gasteiger partial charge < -0.3 is 10.6 Å². The summed E-state index contributed by atoms with van der Waals surface area (Å²) in [6, 6.07) is 8.82. The fourth-order valence-electron chi connectivity index (χ4n) is 3.10. The molecule has 1 saturated heterocycles. The van der Waals surface area contributed by atoms with Gasteiger partial charge in [0.15, 0.2) is 0 Å². The molecule has 1 aliphatic rings. The third-order valence-electron chi connectivity index (χ3n) is 4.14. The molecule has 6 heteroatoms. The third kappa shape index (κ3) is 3.93. The molecule has 0 radical (unpaired) electrons. The summed E-state index contributed by atoms with van der Waals surface area (Å²) < 4.78 is 0. The fraction of sp³-hybridized carbons (Fsp3) is 0.500. The monoisotopic (exact) mass is 331 g/mol. The highest BCUT2D eigenvalue weighted by Gasteiger charge is 2.48. The van der Waals surface area contributed by atoms with Crippen molar-refractivity contribution in [3.63, 3.8) is 0 Å². The first kappa shape index (κ1) is 18.0. The van der Waals surface area contributed by atoms with Crippen LogP contribution in [-0.2, 0) is 9.59 Å².